The minimum atomic E-state index is -0.242. The van der Waals surface area contributed by atoms with E-state index in [1.807, 2.05) is 4.57 Å². The third kappa shape index (κ3) is 1.59. The largest absolute Gasteiger partial charge is 0.393 e. The van der Waals surface area contributed by atoms with E-state index < -0.39 is 0 Å². The molecule has 7 heteroatoms. The maximum absolute atomic E-state index is 9.56. The van der Waals surface area contributed by atoms with Gasteiger partial charge < -0.3 is 21.1 Å². The Morgan fingerprint density at radius 1 is 1.29 bits per heavy atom. The van der Waals surface area contributed by atoms with Gasteiger partial charge in [0.25, 0.3) is 0 Å². The number of anilines is 2. The first-order valence-electron chi connectivity index (χ1n) is 5.58. The molecule has 0 aliphatic heterocycles. The highest BCUT2D eigenvalue weighted by Crippen LogP contribution is 2.32. The smallest absolute Gasteiger partial charge is 0.224 e. The molecule has 2 heterocycles. The van der Waals surface area contributed by atoms with Crippen LogP contribution in [0.1, 0.15) is 25.3 Å². The standard InChI is InChI=1S/C10H14N6O/c11-8-7-9(15-10(12)14-8)16(4-13-7)5-1-2-6(17)3-5/h4-6,17H,1-3H2,(H4,11,12,14,15)/t5-,6-/m1/s1. The molecule has 1 aliphatic carbocycles. The van der Waals surface area contributed by atoms with E-state index in [1.165, 1.54) is 0 Å². The van der Waals surface area contributed by atoms with Crippen molar-refractivity contribution < 1.29 is 5.11 Å². The summed E-state index contributed by atoms with van der Waals surface area (Å²) in [6.07, 6.45) is 3.89. The topological polar surface area (TPSA) is 116 Å². The van der Waals surface area contributed by atoms with Crippen LogP contribution in [0.5, 0.6) is 0 Å². The molecule has 0 aromatic carbocycles. The van der Waals surface area contributed by atoms with Crippen molar-refractivity contribution in [1.29, 1.82) is 0 Å². The third-order valence-corrected chi connectivity index (χ3v) is 3.24. The quantitative estimate of drug-likeness (QED) is 0.643. The van der Waals surface area contributed by atoms with Gasteiger partial charge in [0.15, 0.2) is 11.5 Å². The molecular formula is C10H14N6O. The maximum Gasteiger partial charge on any atom is 0.224 e. The second-order valence-corrected chi connectivity index (χ2v) is 4.41. The molecule has 17 heavy (non-hydrogen) atoms. The summed E-state index contributed by atoms with van der Waals surface area (Å²) in [4.78, 5) is 12.3. The zero-order chi connectivity index (χ0) is 12.0. The number of hydrogen-bond donors (Lipinski definition) is 3. The zero-order valence-electron chi connectivity index (χ0n) is 9.24. The van der Waals surface area contributed by atoms with Crippen LogP contribution in [0, 0.1) is 0 Å². The summed E-state index contributed by atoms with van der Waals surface area (Å²) in [5.41, 5.74) is 12.5. The van der Waals surface area contributed by atoms with E-state index in [0.29, 0.717) is 17.0 Å². The van der Waals surface area contributed by atoms with E-state index in [4.69, 9.17) is 11.5 Å². The average Bonchev–Trinajstić information content (AvgIpc) is 2.83. The Morgan fingerprint density at radius 2 is 2.12 bits per heavy atom. The molecule has 2 aromatic heterocycles. The van der Waals surface area contributed by atoms with E-state index in [2.05, 4.69) is 15.0 Å². The number of nitrogens with two attached hydrogens (primary N) is 2. The van der Waals surface area contributed by atoms with E-state index in [9.17, 15) is 5.11 Å². The summed E-state index contributed by atoms with van der Waals surface area (Å²) in [6, 6.07) is 0.212. The van der Waals surface area contributed by atoms with Gasteiger partial charge in [-0.3, -0.25) is 0 Å². The third-order valence-electron chi connectivity index (χ3n) is 3.24. The molecule has 0 bridgehead atoms. The minimum Gasteiger partial charge on any atom is -0.393 e. The van der Waals surface area contributed by atoms with Crippen molar-refractivity contribution in [3.63, 3.8) is 0 Å². The molecule has 1 aliphatic rings. The van der Waals surface area contributed by atoms with E-state index in [0.717, 1.165) is 19.3 Å². The number of aromatic nitrogens is 4. The molecule has 1 saturated carbocycles. The summed E-state index contributed by atoms with van der Waals surface area (Å²) in [7, 11) is 0. The van der Waals surface area contributed by atoms with Crippen LogP contribution in [-0.2, 0) is 0 Å². The first-order valence-corrected chi connectivity index (χ1v) is 5.58. The number of nitrogen functional groups attached to an aromatic ring is 2. The molecule has 2 atom stereocenters. The Hall–Kier alpha value is -1.89. The second-order valence-electron chi connectivity index (χ2n) is 4.41. The number of rotatable bonds is 1. The van der Waals surface area contributed by atoms with Gasteiger partial charge in [0.05, 0.1) is 12.4 Å². The Balaban J connectivity index is 2.11. The summed E-state index contributed by atoms with van der Waals surface area (Å²) in [6.45, 7) is 0. The van der Waals surface area contributed by atoms with Gasteiger partial charge in [-0.05, 0) is 19.3 Å². The van der Waals surface area contributed by atoms with Gasteiger partial charge in [-0.25, -0.2) is 4.98 Å². The molecular weight excluding hydrogens is 220 g/mol. The van der Waals surface area contributed by atoms with Crippen molar-refractivity contribution in [1.82, 2.24) is 19.5 Å². The Labute approximate surface area is 97.5 Å². The van der Waals surface area contributed by atoms with E-state index >= 15 is 0 Å². The summed E-state index contributed by atoms with van der Waals surface area (Å²) < 4.78 is 1.93. The molecule has 0 radical (unpaired) electrons. The molecule has 2 aromatic rings. The molecule has 5 N–H and O–H groups in total. The van der Waals surface area contributed by atoms with Gasteiger partial charge in [-0.15, -0.1) is 0 Å². The SMILES string of the molecule is Nc1nc(N)c2ncn([C@@H]3CC[C@@H](O)C3)c2n1. The Kier molecular flexibility index (Phi) is 2.15. The highest BCUT2D eigenvalue weighted by molar-refractivity contribution is 5.82. The first kappa shape index (κ1) is 10.3. The van der Waals surface area contributed by atoms with Crippen LogP contribution in [-0.4, -0.2) is 30.7 Å². The van der Waals surface area contributed by atoms with Crippen molar-refractivity contribution in [2.24, 2.45) is 0 Å². The van der Waals surface area contributed by atoms with Gasteiger partial charge in [-0.2, -0.15) is 9.97 Å². The second kappa shape index (κ2) is 3.56. The van der Waals surface area contributed by atoms with Crippen LogP contribution >= 0.6 is 0 Å². The van der Waals surface area contributed by atoms with Gasteiger partial charge in [-0.1, -0.05) is 0 Å². The van der Waals surface area contributed by atoms with Crippen molar-refractivity contribution >= 4 is 22.9 Å². The van der Waals surface area contributed by atoms with Gasteiger partial charge in [0.2, 0.25) is 5.95 Å². The van der Waals surface area contributed by atoms with Crippen LogP contribution in [0.15, 0.2) is 6.33 Å². The van der Waals surface area contributed by atoms with Crippen LogP contribution in [0.2, 0.25) is 0 Å². The highest BCUT2D eigenvalue weighted by atomic mass is 16.3. The Morgan fingerprint density at radius 3 is 2.82 bits per heavy atom. The number of fused-ring (bicyclic) bond motifs is 1. The lowest BCUT2D eigenvalue weighted by Gasteiger charge is -2.11. The molecule has 0 spiro atoms. The normalized spacial score (nSPS) is 24.5. The van der Waals surface area contributed by atoms with E-state index in [-0.39, 0.29) is 18.1 Å². The number of aliphatic hydroxyl groups is 1. The predicted molar refractivity (Wildman–Crippen MR) is 63.0 cm³/mol. The first-order chi connectivity index (χ1) is 8.15. The molecule has 1 fully saturated rings. The van der Waals surface area contributed by atoms with E-state index in [1.54, 1.807) is 6.33 Å². The lowest BCUT2D eigenvalue weighted by Crippen LogP contribution is -2.08. The highest BCUT2D eigenvalue weighted by Gasteiger charge is 2.26. The summed E-state index contributed by atoms with van der Waals surface area (Å²) in [5.74, 6) is 0.445. The molecule has 0 unspecified atom stereocenters. The molecule has 3 rings (SSSR count). The fourth-order valence-electron chi connectivity index (χ4n) is 2.41. The summed E-state index contributed by atoms with van der Waals surface area (Å²) >= 11 is 0. The zero-order valence-corrected chi connectivity index (χ0v) is 9.24. The van der Waals surface area contributed by atoms with Crippen LogP contribution in [0.4, 0.5) is 11.8 Å². The summed E-state index contributed by atoms with van der Waals surface area (Å²) in [5, 5.41) is 9.56. The molecule has 7 nitrogen and oxygen atoms in total. The van der Waals surface area contributed by atoms with Crippen molar-refractivity contribution in [2.75, 3.05) is 11.5 Å². The van der Waals surface area contributed by atoms with Crippen LogP contribution in [0.25, 0.3) is 11.2 Å². The number of aliphatic hydroxyl groups excluding tert-OH is 1. The van der Waals surface area contributed by atoms with Crippen LogP contribution in [0.3, 0.4) is 0 Å². The van der Waals surface area contributed by atoms with Crippen LogP contribution < -0.4 is 11.5 Å². The van der Waals surface area contributed by atoms with Gasteiger partial charge in [0.1, 0.15) is 5.52 Å². The fraction of sp³-hybridized carbons (Fsp3) is 0.500. The van der Waals surface area contributed by atoms with Gasteiger partial charge >= 0.3 is 0 Å². The molecule has 0 amide bonds. The lowest BCUT2D eigenvalue weighted by molar-refractivity contribution is 0.178. The number of hydrogen-bond acceptors (Lipinski definition) is 6. The number of imidazole rings is 1. The lowest BCUT2D eigenvalue weighted by atomic mass is 10.2. The van der Waals surface area contributed by atoms with Crippen molar-refractivity contribution in [2.45, 2.75) is 31.4 Å². The fourth-order valence-corrected chi connectivity index (χ4v) is 2.41. The Bertz CT molecular complexity index is 565. The predicted octanol–water partition coefficient (Wildman–Crippen LogP) is 0.0766. The minimum absolute atomic E-state index is 0.148. The van der Waals surface area contributed by atoms with Gasteiger partial charge in [0, 0.05) is 6.04 Å². The monoisotopic (exact) mass is 234 g/mol. The van der Waals surface area contributed by atoms with Crippen molar-refractivity contribution in [3.8, 4) is 0 Å². The molecule has 0 saturated heterocycles. The average molecular weight is 234 g/mol. The number of nitrogens with zero attached hydrogens (tertiary/aromatic N) is 4. The van der Waals surface area contributed by atoms with Crippen molar-refractivity contribution in [3.05, 3.63) is 6.33 Å². The maximum atomic E-state index is 9.56. The molecule has 90 valence electrons.